The fourth-order valence-corrected chi connectivity index (χ4v) is 2.87. The molecule has 1 atom stereocenters. The molecular formula is C17H22BrN3O4. The number of amides is 3. The number of hydrogen-bond donors (Lipinski definition) is 1. The quantitative estimate of drug-likeness (QED) is 0.551. The van der Waals surface area contributed by atoms with Crippen molar-refractivity contribution in [3.05, 3.63) is 22.2 Å². The average Bonchev–Trinajstić information content (AvgIpc) is 2.81. The maximum absolute atomic E-state index is 12.3. The number of halogens is 1. The average molecular weight is 412 g/mol. The number of carbonyl (C=O) groups excluding carboxylic acids is 2. The van der Waals surface area contributed by atoms with Crippen LogP contribution in [0.15, 0.2) is 21.7 Å². The summed E-state index contributed by atoms with van der Waals surface area (Å²) in [6.07, 6.45) is 2.81. The van der Waals surface area contributed by atoms with Crippen molar-refractivity contribution >= 4 is 34.1 Å². The zero-order valence-corrected chi connectivity index (χ0v) is 16.3. The van der Waals surface area contributed by atoms with Gasteiger partial charge in [0.15, 0.2) is 11.5 Å². The number of ether oxygens (including phenoxy) is 2. The minimum atomic E-state index is -0.912. The minimum absolute atomic E-state index is 0.370. The molecule has 0 unspecified atom stereocenters. The van der Waals surface area contributed by atoms with Crippen LogP contribution in [0.1, 0.15) is 39.2 Å². The summed E-state index contributed by atoms with van der Waals surface area (Å²) in [5, 5.41) is 7.54. The summed E-state index contributed by atoms with van der Waals surface area (Å²) in [5.74, 6) is 0.778. The highest BCUT2D eigenvalue weighted by Gasteiger charge is 2.46. The van der Waals surface area contributed by atoms with Crippen LogP contribution in [0.25, 0.3) is 0 Å². The lowest BCUT2D eigenvalue weighted by atomic mass is 10.00. The van der Waals surface area contributed by atoms with Crippen molar-refractivity contribution in [1.82, 2.24) is 10.3 Å². The standard InChI is InChI=1S/C17H22BrN3O4/c1-5-7-25-14-12(18)8-11(9-13(14)24-4)10-19-21-15(22)17(3,6-2)20-16(21)23/h8-10H,5-7H2,1-4H3,(H,20,23)/b19-10-/t17-/m1/s1. The van der Waals surface area contributed by atoms with E-state index in [-0.39, 0.29) is 5.91 Å². The molecule has 0 aromatic heterocycles. The van der Waals surface area contributed by atoms with Gasteiger partial charge in [-0.25, -0.2) is 4.79 Å². The van der Waals surface area contributed by atoms with Gasteiger partial charge < -0.3 is 14.8 Å². The maximum atomic E-state index is 12.3. The normalized spacial score (nSPS) is 20.3. The van der Waals surface area contributed by atoms with Crippen LogP contribution >= 0.6 is 15.9 Å². The molecule has 1 N–H and O–H groups in total. The second kappa shape index (κ2) is 7.86. The second-order valence-electron chi connectivity index (χ2n) is 5.86. The molecule has 1 aliphatic heterocycles. The third-order valence-corrected chi connectivity index (χ3v) is 4.56. The Labute approximate surface area is 155 Å². The highest BCUT2D eigenvalue weighted by atomic mass is 79.9. The smallest absolute Gasteiger partial charge is 0.346 e. The molecule has 0 bridgehead atoms. The molecule has 136 valence electrons. The van der Waals surface area contributed by atoms with E-state index in [0.29, 0.717) is 34.6 Å². The number of methoxy groups -OCH3 is 1. The van der Waals surface area contributed by atoms with Crippen LogP contribution in [0.5, 0.6) is 11.5 Å². The first kappa shape index (κ1) is 19.2. The van der Waals surface area contributed by atoms with Crippen LogP contribution < -0.4 is 14.8 Å². The summed E-state index contributed by atoms with van der Waals surface area (Å²) in [6, 6.07) is 2.99. The zero-order chi connectivity index (χ0) is 18.6. The van der Waals surface area contributed by atoms with E-state index in [4.69, 9.17) is 9.47 Å². The molecule has 1 saturated heterocycles. The number of nitrogens with zero attached hydrogens (tertiary/aromatic N) is 2. The second-order valence-corrected chi connectivity index (χ2v) is 6.71. The van der Waals surface area contributed by atoms with Crippen LogP contribution in [0.3, 0.4) is 0 Å². The lowest BCUT2D eigenvalue weighted by molar-refractivity contribution is -0.130. The van der Waals surface area contributed by atoms with Crippen LogP contribution in [0, 0.1) is 0 Å². The van der Waals surface area contributed by atoms with Crippen molar-refractivity contribution in [3.8, 4) is 11.5 Å². The van der Waals surface area contributed by atoms with Gasteiger partial charge >= 0.3 is 6.03 Å². The van der Waals surface area contributed by atoms with Crippen LogP contribution in [-0.4, -0.2) is 42.4 Å². The summed E-state index contributed by atoms with van der Waals surface area (Å²) in [7, 11) is 1.55. The lowest BCUT2D eigenvalue weighted by Gasteiger charge is -2.17. The summed E-state index contributed by atoms with van der Waals surface area (Å²) < 4.78 is 11.7. The molecule has 8 heteroatoms. The van der Waals surface area contributed by atoms with Gasteiger partial charge in [-0.3, -0.25) is 4.79 Å². The summed E-state index contributed by atoms with van der Waals surface area (Å²) in [6.45, 7) is 6.11. The highest BCUT2D eigenvalue weighted by molar-refractivity contribution is 9.10. The number of benzene rings is 1. The first-order valence-corrected chi connectivity index (χ1v) is 8.86. The van der Waals surface area contributed by atoms with Crippen molar-refractivity contribution < 1.29 is 19.1 Å². The third-order valence-electron chi connectivity index (χ3n) is 3.97. The van der Waals surface area contributed by atoms with Crippen LogP contribution in [0.4, 0.5) is 4.79 Å². The summed E-state index contributed by atoms with van der Waals surface area (Å²) in [4.78, 5) is 24.3. The molecule has 0 radical (unpaired) electrons. The number of carbonyl (C=O) groups is 2. The van der Waals surface area contributed by atoms with Crippen LogP contribution in [0.2, 0.25) is 0 Å². The predicted molar refractivity (Wildman–Crippen MR) is 98.1 cm³/mol. The largest absolute Gasteiger partial charge is 0.493 e. The summed E-state index contributed by atoms with van der Waals surface area (Å²) >= 11 is 3.45. The molecule has 0 saturated carbocycles. The number of imide groups is 1. The Balaban J connectivity index is 2.25. The van der Waals surface area contributed by atoms with Gasteiger partial charge in [-0.15, -0.1) is 5.01 Å². The SMILES string of the molecule is CCCOc1c(Br)cc(/C=N\N2C(=O)N[C@](C)(CC)C2=O)cc1OC. The number of hydrogen-bond acceptors (Lipinski definition) is 5. The van der Waals surface area contributed by atoms with E-state index < -0.39 is 11.6 Å². The van der Waals surface area contributed by atoms with Crippen LogP contribution in [-0.2, 0) is 4.79 Å². The molecule has 1 aromatic rings. The summed E-state index contributed by atoms with van der Waals surface area (Å²) in [5.41, 5.74) is -0.247. The fraction of sp³-hybridized carbons (Fsp3) is 0.471. The van der Waals surface area contributed by atoms with Gasteiger partial charge in [0.05, 0.1) is 24.4 Å². The first-order chi connectivity index (χ1) is 11.9. The Kier molecular flexibility index (Phi) is 6.05. The molecule has 1 fully saturated rings. The van der Waals surface area contributed by atoms with Gasteiger partial charge in [0.1, 0.15) is 5.54 Å². The van der Waals surface area contributed by atoms with E-state index in [9.17, 15) is 9.59 Å². The number of nitrogens with one attached hydrogen (secondary N) is 1. The molecule has 1 aliphatic rings. The van der Waals surface area contributed by atoms with E-state index in [0.717, 1.165) is 11.4 Å². The Hall–Kier alpha value is -2.09. The Morgan fingerprint density at radius 1 is 1.36 bits per heavy atom. The molecule has 7 nitrogen and oxygen atoms in total. The monoisotopic (exact) mass is 411 g/mol. The fourth-order valence-electron chi connectivity index (χ4n) is 2.30. The van der Waals surface area contributed by atoms with Gasteiger partial charge in [-0.2, -0.15) is 5.10 Å². The first-order valence-electron chi connectivity index (χ1n) is 8.07. The minimum Gasteiger partial charge on any atom is -0.493 e. The van der Waals surface area contributed by atoms with Gasteiger partial charge in [-0.1, -0.05) is 13.8 Å². The van der Waals surface area contributed by atoms with Crippen molar-refractivity contribution in [2.75, 3.05) is 13.7 Å². The number of hydrazone groups is 1. The molecule has 1 heterocycles. The zero-order valence-electron chi connectivity index (χ0n) is 14.8. The van der Waals surface area contributed by atoms with E-state index in [1.54, 1.807) is 26.2 Å². The molecule has 25 heavy (non-hydrogen) atoms. The van der Waals surface area contributed by atoms with E-state index in [1.807, 2.05) is 13.8 Å². The molecule has 1 aromatic carbocycles. The van der Waals surface area contributed by atoms with Crippen molar-refractivity contribution in [2.45, 2.75) is 39.2 Å². The van der Waals surface area contributed by atoms with E-state index >= 15 is 0 Å². The van der Waals surface area contributed by atoms with Crippen molar-refractivity contribution in [1.29, 1.82) is 0 Å². The molecule has 0 spiro atoms. The maximum Gasteiger partial charge on any atom is 0.346 e. The Bertz CT molecular complexity index is 707. The van der Waals surface area contributed by atoms with E-state index in [1.165, 1.54) is 6.21 Å². The third kappa shape index (κ3) is 3.95. The van der Waals surface area contributed by atoms with Crippen molar-refractivity contribution in [2.24, 2.45) is 5.10 Å². The topological polar surface area (TPSA) is 80.2 Å². The number of urea groups is 1. The van der Waals surface area contributed by atoms with Gasteiger partial charge in [0, 0.05) is 0 Å². The Morgan fingerprint density at radius 2 is 2.08 bits per heavy atom. The van der Waals surface area contributed by atoms with Gasteiger partial charge in [-0.05, 0) is 53.4 Å². The Morgan fingerprint density at radius 3 is 2.64 bits per heavy atom. The van der Waals surface area contributed by atoms with Gasteiger partial charge in [0.2, 0.25) is 0 Å². The molecule has 0 aliphatic carbocycles. The molecular weight excluding hydrogens is 390 g/mol. The lowest BCUT2D eigenvalue weighted by Crippen LogP contribution is -2.42. The number of rotatable bonds is 7. The molecule has 2 rings (SSSR count). The van der Waals surface area contributed by atoms with Gasteiger partial charge in [0.25, 0.3) is 5.91 Å². The van der Waals surface area contributed by atoms with Crippen molar-refractivity contribution in [3.63, 3.8) is 0 Å². The predicted octanol–water partition coefficient (Wildman–Crippen LogP) is 3.30. The highest BCUT2D eigenvalue weighted by Crippen LogP contribution is 2.36. The van der Waals surface area contributed by atoms with E-state index in [2.05, 4.69) is 26.3 Å². The molecule has 3 amide bonds.